The second-order valence-corrected chi connectivity index (χ2v) is 6.27. The van der Waals surface area contributed by atoms with Crippen LogP contribution in [-0.4, -0.2) is 53.4 Å². The van der Waals surface area contributed by atoms with E-state index in [1.807, 2.05) is 18.5 Å². The number of rotatable bonds is 4. The summed E-state index contributed by atoms with van der Waals surface area (Å²) in [5.74, 6) is 4.16. The molecular formula is C18H26N6O2. The molecule has 0 spiro atoms. The van der Waals surface area contributed by atoms with Gasteiger partial charge in [0.05, 0.1) is 20.8 Å². The average molecular weight is 358 g/mol. The van der Waals surface area contributed by atoms with Gasteiger partial charge in [0.15, 0.2) is 23.3 Å². The van der Waals surface area contributed by atoms with Gasteiger partial charge in [0.1, 0.15) is 5.82 Å². The number of methoxy groups -OCH3 is 2. The largest absolute Gasteiger partial charge is 0.493 e. The lowest BCUT2D eigenvalue weighted by molar-refractivity contribution is 0.345. The lowest BCUT2D eigenvalue weighted by Crippen LogP contribution is -2.44. The summed E-state index contributed by atoms with van der Waals surface area (Å²) in [6, 6.07) is 4.13. The molecule has 1 aliphatic heterocycles. The van der Waals surface area contributed by atoms with Gasteiger partial charge < -0.3 is 24.3 Å². The Labute approximate surface area is 153 Å². The van der Waals surface area contributed by atoms with Crippen LogP contribution in [0.1, 0.15) is 22.8 Å². The smallest absolute Gasteiger partial charge is 0.194 e. The minimum atomic E-state index is 0.583. The van der Waals surface area contributed by atoms with Crippen LogP contribution in [0.2, 0.25) is 0 Å². The number of aromatic nitrogens is 3. The van der Waals surface area contributed by atoms with Crippen LogP contribution in [0.4, 0.5) is 0 Å². The fourth-order valence-corrected chi connectivity index (χ4v) is 3.16. The maximum absolute atomic E-state index is 5.44. The lowest BCUT2D eigenvalue weighted by Gasteiger charge is -2.32. The molecule has 1 aromatic carbocycles. The molecule has 0 saturated heterocycles. The molecule has 3 rings (SSSR count). The fourth-order valence-electron chi connectivity index (χ4n) is 3.16. The normalized spacial score (nSPS) is 14.2. The van der Waals surface area contributed by atoms with Crippen LogP contribution >= 0.6 is 0 Å². The number of nitrogens with zero attached hydrogens (tertiary/aromatic N) is 5. The summed E-state index contributed by atoms with van der Waals surface area (Å²) in [4.78, 5) is 6.66. The van der Waals surface area contributed by atoms with E-state index in [1.165, 1.54) is 11.1 Å². The van der Waals surface area contributed by atoms with Crippen molar-refractivity contribution < 1.29 is 9.47 Å². The van der Waals surface area contributed by atoms with Crippen molar-refractivity contribution in [1.29, 1.82) is 0 Å². The SMILES string of the molecule is CN=C(NCc1nnc(C)n1C)N1CCc2cc(OC)c(OC)cc2C1. The zero-order valence-electron chi connectivity index (χ0n) is 16.0. The monoisotopic (exact) mass is 358 g/mol. The first kappa shape index (κ1) is 18.0. The Hall–Kier alpha value is -2.77. The van der Waals surface area contributed by atoms with Gasteiger partial charge in [-0.2, -0.15) is 0 Å². The molecular weight excluding hydrogens is 332 g/mol. The van der Waals surface area contributed by atoms with Crippen LogP contribution in [0.3, 0.4) is 0 Å². The number of benzene rings is 1. The topological polar surface area (TPSA) is 76.8 Å². The van der Waals surface area contributed by atoms with Crippen LogP contribution in [0.25, 0.3) is 0 Å². The third-order valence-electron chi connectivity index (χ3n) is 4.82. The van der Waals surface area contributed by atoms with Crippen LogP contribution in [-0.2, 0) is 26.6 Å². The molecule has 0 amide bonds. The first-order chi connectivity index (χ1) is 12.6. The van der Waals surface area contributed by atoms with Gasteiger partial charge in [-0.3, -0.25) is 4.99 Å². The van der Waals surface area contributed by atoms with Gasteiger partial charge in [0.25, 0.3) is 0 Å². The molecule has 0 fully saturated rings. The predicted octanol–water partition coefficient (Wildman–Crippen LogP) is 1.27. The minimum Gasteiger partial charge on any atom is -0.493 e. The highest BCUT2D eigenvalue weighted by molar-refractivity contribution is 5.80. The predicted molar refractivity (Wildman–Crippen MR) is 99.6 cm³/mol. The van der Waals surface area contributed by atoms with Crippen molar-refractivity contribution >= 4 is 5.96 Å². The highest BCUT2D eigenvalue weighted by Crippen LogP contribution is 2.33. The molecule has 0 unspecified atom stereocenters. The van der Waals surface area contributed by atoms with E-state index in [4.69, 9.17) is 9.47 Å². The third kappa shape index (κ3) is 3.44. The van der Waals surface area contributed by atoms with E-state index in [0.29, 0.717) is 6.54 Å². The number of guanidine groups is 1. The van der Waals surface area contributed by atoms with Gasteiger partial charge in [0.2, 0.25) is 0 Å². The molecule has 1 aromatic heterocycles. The quantitative estimate of drug-likeness (QED) is 0.655. The number of hydrogen-bond acceptors (Lipinski definition) is 5. The number of aryl methyl sites for hydroxylation is 1. The third-order valence-corrected chi connectivity index (χ3v) is 4.82. The van der Waals surface area contributed by atoms with Gasteiger partial charge in [-0.15, -0.1) is 10.2 Å². The maximum Gasteiger partial charge on any atom is 0.194 e. The summed E-state index contributed by atoms with van der Waals surface area (Å²) < 4.78 is 12.8. The van der Waals surface area contributed by atoms with E-state index < -0.39 is 0 Å². The van der Waals surface area contributed by atoms with Gasteiger partial charge in [-0.25, -0.2) is 0 Å². The number of fused-ring (bicyclic) bond motifs is 1. The Kier molecular flexibility index (Phi) is 5.29. The van der Waals surface area contributed by atoms with Crippen molar-refractivity contribution in [3.63, 3.8) is 0 Å². The van der Waals surface area contributed by atoms with Crippen molar-refractivity contribution in [2.24, 2.45) is 12.0 Å². The van der Waals surface area contributed by atoms with E-state index in [0.717, 1.165) is 48.6 Å². The summed E-state index contributed by atoms with van der Waals surface area (Å²) in [7, 11) is 7.09. The van der Waals surface area contributed by atoms with Crippen LogP contribution in [0.15, 0.2) is 17.1 Å². The summed E-state index contributed by atoms with van der Waals surface area (Å²) in [5, 5.41) is 11.7. The molecule has 0 saturated carbocycles. The summed E-state index contributed by atoms with van der Waals surface area (Å²) in [6.45, 7) is 4.18. The van der Waals surface area contributed by atoms with E-state index in [-0.39, 0.29) is 0 Å². The number of ether oxygens (including phenoxy) is 2. The Balaban J connectivity index is 1.72. The van der Waals surface area contributed by atoms with E-state index in [9.17, 15) is 0 Å². The zero-order valence-corrected chi connectivity index (χ0v) is 16.0. The van der Waals surface area contributed by atoms with Gasteiger partial charge in [-0.05, 0) is 36.6 Å². The molecule has 0 aliphatic carbocycles. The molecule has 2 heterocycles. The molecule has 0 atom stereocenters. The molecule has 140 valence electrons. The molecule has 0 bridgehead atoms. The second-order valence-electron chi connectivity index (χ2n) is 6.27. The second kappa shape index (κ2) is 7.63. The summed E-state index contributed by atoms with van der Waals surface area (Å²) >= 11 is 0. The van der Waals surface area contributed by atoms with Gasteiger partial charge in [-0.1, -0.05) is 0 Å². The molecule has 8 nitrogen and oxygen atoms in total. The molecule has 8 heteroatoms. The van der Waals surface area contributed by atoms with E-state index >= 15 is 0 Å². The molecule has 2 aromatic rings. The van der Waals surface area contributed by atoms with Crippen molar-refractivity contribution in [2.45, 2.75) is 26.4 Å². The molecule has 1 N–H and O–H groups in total. The minimum absolute atomic E-state index is 0.583. The number of hydrogen-bond donors (Lipinski definition) is 1. The van der Waals surface area contributed by atoms with Crippen molar-refractivity contribution in [2.75, 3.05) is 27.8 Å². The van der Waals surface area contributed by atoms with Crippen molar-refractivity contribution in [1.82, 2.24) is 25.0 Å². The van der Waals surface area contributed by atoms with Gasteiger partial charge in [0, 0.05) is 27.2 Å². The van der Waals surface area contributed by atoms with E-state index in [1.54, 1.807) is 21.3 Å². The highest BCUT2D eigenvalue weighted by atomic mass is 16.5. The first-order valence-electron chi connectivity index (χ1n) is 8.61. The Bertz CT molecular complexity index is 814. The number of nitrogens with one attached hydrogen (secondary N) is 1. The molecule has 1 aliphatic rings. The van der Waals surface area contributed by atoms with Crippen LogP contribution in [0, 0.1) is 6.92 Å². The first-order valence-corrected chi connectivity index (χ1v) is 8.61. The number of aliphatic imine (C=N–C) groups is 1. The Morgan fingerprint density at radius 3 is 2.46 bits per heavy atom. The van der Waals surface area contributed by atoms with Gasteiger partial charge >= 0.3 is 0 Å². The average Bonchev–Trinajstić information content (AvgIpc) is 2.99. The van der Waals surface area contributed by atoms with Crippen molar-refractivity contribution in [3.05, 3.63) is 34.9 Å². The Morgan fingerprint density at radius 2 is 1.88 bits per heavy atom. The summed E-state index contributed by atoms with van der Waals surface area (Å²) in [5.41, 5.74) is 2.52. The highest BCUT2D eigenvalue weighted by Gasteiger charge is 2.22. The maximum atomic E-state index is 5.44. The molecule has 0 radical (unpaired) electrons. The fraction of sp³-hybridized carbons (Fsp3) is 0.500. The van der Waals surface area contributed by atoms with E-state index in [2.05, 4.69) is 37.5 Å². The van der Waals surface area contributed by atoms with Crippen LogP contribution < -0.4 is 14.8 Å². The lowest BCUT2D eigenvalue weighted by atomic mass is 9.99. The zero-order chi connectivity index (χ0) is 18.7. The Morgan fingerprint density at radius 1 is 1.19 bits per heavy atom. The standard InChI is InChI=1S/C18H26N6O2/c1-12-21-22-17(23(12)3)10-20-18(19-2)24-7-6-13-8-15(25-4)16(26-5)9-14(13)11-24/h8-9H,6-7,10-11H2,1-5H3,(H,19,20). The summed E-state index contributed by atoms with van der Waals surface area (Å²) in [6.07, 6.45) is 0.930. The van der Waals surface area contributed by atoms with Crippen LogP contribution in [0.5, 0.6) is 11.5 Å². The molecule has 26 heavy (non-hydrogen) atoms. The van der Waals surface area contributed by atoms with Crippen molar-refractivity contribution in [3.8, 4) is 11.5 Å².